The molecule has 3 N–H and O–H groups in total. The van der Waals surface area contributed by atoms with Crippen LogP contribution in [0.1, 0.15) is 51.9 Å². The van der Waals surface area contributed by atoms with Crippen LogP contribution in [0, 0.1) is 5.41 Å². The standard InChI is InChI=1S/C17H28N4O3/c1-16(7-9-18-10-8-16)12-19-13(22)11-21-14(23)17(20-15(21)24)5-3-2-4-6-17/h18H,2-12H2,1H3,(H,19,22)(H,20,24). The molecule has 2 aliphatic heterocycles. The molecule has 0 unspecified atom stereocenters. The van der Waals surface area contributed by atoms with E-state index in [-0.39, 0.29) is 23.8 Å². The normalized spacial score (nSPS) is 25.6. The highest BCUT2D eigenvalue weighted by Crippen LogP contribution is 2.33. The number of carbonyl (C=O) groups excluding carboxylic acids is 3. The van der Waals surface area contributed by atoms with Crippen molar-refractivity contribution in [2.75, 3.05) is 26.2 Å². The fourth-order valence-electron chi connectivity index (χ4n) is 4.03. The number of imide groups is 1. The second-order valence-corrected chi connectivity index (χ2v) is 7.80. The Morgan fingerprint density at radius 2 is 1.79 bits per heavy atom. The first-order chi connectivity index (χ1) is 11.4. The molecule has 4 amide bonds. The lowest BCUT2D eigenvalue weighted by Crippen LogP contribution is -2.49. The minimum Gasteiger partial charge on any atom is -0.354 e. The van der Waals surface area contributed by atoms with Gasteiger partial charge in [-0.3, -0.25) is 14.5 Å². The van der Waals surface area contributed by atoms with E-state index in [2.05, 4.69) is 22.9 Å². The van der Waals surface area contributed by atoms with Crippen LogP contribution >= 0.6 is 0 Å². The summed E-state index contributed by atoms with van der Waals surface area (Å²) in [5.74, 6) is -0.485. The Labute approximate surface area is 142 Å². The minimum absolute atomic E-state index is 0.0861. The van der Waals surface area contributed by atoms with Gasteiger partial charge in [0.25, 0.3) is 5.91 Å². The largest absolute Gasteiger partial charge is 0.354 e. The number of nitrogens with one attached hydrogen (secondary N) is 3. The number of carbonyl (C=O) groups is 3. The summed E-state index contributed by atoms with van der Waals surface area (Å²) in [6.45, 7) is 4.49. The first-order valence-electron chi connectivity index (χ1n) is 9.06. The van der Waals surface area contributed by atoms with Crippen molar-refractivity contribution in [1.29, 1.82) is 0 Å². The van der Waals surface area contributed by atoms with E-state index in [0.29, 0.717) is 19.4 Å². The molecule has 2 heterocycles. The second-order valence-electron chi connectivity index (χ2n) is 7.80. The van der Waals surface area contributed by atoms with E-state index in [1.807, 2.05) is 0 Å². The Morgan fingerprint density at radius 3 is 2.46 bits per heavy atom. The number of nitrogens with zero attached hydrogens (tertiary/aromatic N) is 1. The van der Waals surface area contributed by atoms with Gasteiger partial charge in [0.1, 0.15) is 12.1 Å². The van der Waals surface area contributed by atoms with Gasteiger partial charge >= 0.3 is 6.03 Å². The van der Waals surface area contributed by atoms with Gasteiger partial charge in [0.2, 0.25) is 5.91 Å². The van der Waals surface area contributed by atoms with Crippen molar-refractivity contribution >= 4 is 17.8 Å². The number of hydrogen-bond acceptors (Lipinski definition) is 4. The average Bonchev–Trinajstić information content (AvgIpc) is 2.79. The first-order valence-corrected chi connectivity index (χ1v) is 9.06. The molecule has 1 spiro atoms. The molecular weight excluding hydrogens is 308 g/mol. The molecule has 0 radical (unpaired) electrons. The van der Waals surface area contributed by atoms with Crippen LogP contribution in [-0.4, -0.2) is 54.5 Å². The summed E-state index contributed by atoms with van der Waals surface area (Å²) < 4.78 is 0. The predicted molar refractivity (Wildman–Crippen MR) is 89.3 cm³/mol. The van der Waals surface area contributed by atoms with E-state index < -0.39 is 11.6 Å². The van der Waals surface area contributed by atoms with Crippen molar-refractivity contribution in [2.45, 2.75) is 57.4 Å². The predicted octanol–water partition coefficient (Wildman–Crippen LogP) is 0.747. The van der Waals surface area contributed by atoms with Crippen LogP contribution in [0.25, 0.3) is 0 Å². The Morgan fingerprint density at radius 1 is 1.12 bits per heavy atom. The van der Waals surface area contributed by atoms with Crippen molar-refractivity contribution in [2.24, 2.45) is 5.41 Å². The molecule has 3 fully saturated rings. The van der Waals surface area contributed by atoms with Crippen LogP contribution < -0.4 is 16.0 Å². The molecule has 7 heteroatoms. The summed E-state index contributed by atoms with van der Waals surface area (Å²) in [6.07, 6.45) is 6.37. The zero-order chi connectivity index (χ0) is 17.2. The van der Waals surface area contributed by atoms with Gasteiger partial charge in [-0.15, -0.1) is 0 Å². The van der Waals surface area contributed by atoms with E-state index in [4.69, 9.17) is 0 Å². The lowest BCUT2D eigenvalue weighted by Gasteiger charge is -2.34. The average molecular weight is 336 g/mol. The molecule has 0 atom stereocenters. The van der Waals surface area contributed by atoms with E-state index in [0.717, 1.165) is 50.1 Å². The number of rotatable bonds is 4. The van der Waals surface area contributed by atoms with Crippen LogP contribution in [-0.2, 0) is 9.59 Å². The molecule has 134 valence electrons. The molecule has 2 saturated heterocycles. The number of amides is 4. The van der Waals surface area contributed by atoms with Crippen LogP contribution in [0.5, 0.6) is 0 Å². The number of urea groups is 1. The molecule has 0 aromatic rings. The summed E-state index contributed by atoms with van der Waals surface area (Å²) in [5.41, 5.74) is -0.667. The third-order valence-electron chi connectivity index (χ3n) is 5.78. The second kappa shape index (κ2) is 6.70. The molecule has 7 nitrogen and oxygen atoms in total. The molecule has 3 rings (SSSR count). The van der Waals surface area contributed by atoms with E-state index in [1.54, 1.807) is 0 Å². The van der Waals surface area contributed by atoms with Crippen molar-refractivity contribution in [1.82, 2.24) is 20.9 Å². The molecular formula is C17H28N4O3. The highest BCUT2D eigenvalue weighted by molar-refractivity contribution is 6.09. The smallest absolute Gasteiger partial charge is 0.325 e. The van der Waals surface area contributed by atoms with Gasteiger partial charge in [-0.1, -0.05) is 26.2 Å². The maximum atomic E-state index is 12.7. The maximum Gasteiger partial charge on any atom is 0.325 e. The highest BCUT2D eigenvalue weighted by Gasteiger charge is 2.51. The molecule has 0 aromatic carbocycles. The third-order valence-corrected chi connectivity index (χ3v) is 5.78. The third kappa shape index (κ3) is 3.41. The van der Waals surface area contributed by atoms with Crippen LogP contribution in [0.4, 0.5) is 4.79 Å². The molecule has 0 bridgehead atoms. The summed E-state index contributed by atoms with van der Waals surface area (Å²) >= 11 is 0. The summed E-state index contributed by atoms with van der Waals surface area (Å²) in [6, 6.07) is -0.426. The van der Waals surface area contributed by atoms with Crippen LogP contribution in [0.3, 0.4) is 0 Å². The van der Waals surface area contributed by atoms with Crippen molar-refractivity contribution < 1.29 is 14.4 Å². The Kier molecular flexibility index (Phi) is 4.80. The zero-order valence-corrected chi connectivity index (χ0v) is 14.5. The zero-order valence-electron chi connectivity index (χ0n) is 14.5. The molecule has 24 heavy (non-hydrogen) atoms. The minimum atomic E-state index is -0.753. The number of piperidine rings is 1. The molecule has 3 aliphatic rings. The highest BCUT2D eigenvalue weighted by atomic mass is 16.2. The Hall–Kier alpha value is -1.63. The maximum absolute atomic E-state index is 12.7. The van der Waals surface area contributed by atoms with Crippen LogP contribution in [0.2, 0.25) is 0 Å². The number of hydrogen-bond donors (Lipinski definition) is 3. The van der Waals surface area contributed by atoms with Crippen LogP contribution in [0.15, 0.2) is 0 Å². The van der Waals surface area contributed by atoms with Crippen molar-refractivity contribution in [3.05, 3.63) is 0 Å². The Bertz CT molecular complexity index is 522. The van der Waals surface area contributed by atoms with Crippen molar-refractivity contribution in [3.63, 3.8) is 0 Å². The van der Waals surface area contributed by atoms with E-state index in [9.17, 15) is 14.4 Å². The van der Waals surface area contributed by atoms with Gasteiger partial charge in [0.15, 0.2) is 0 Å². The monoisotopic (exact) mass is 336 g/mol. The summed E-state index contributed by atoms with van der Waals surface area (Å²) in [4.78, 5) is 38.2. The van der Waals surface area contributed by atoms with E-state index in [1.165, 1.54) is 0 Å². The van der Waals surface area contributed by atoms with Gasteiger partial charge in [-0.2, -0.15) is 0 Å². The Balaban J connectivity index is 1.54. The van der Waals surface area contributed by atoms with Gasteiger partial charge in [-0.25, -0.2) is 4.79 Å². The lowest BCUT2D eigenvalue weighted by atomic mass is 9.81. The van der Waals surface area contributed by atoms with Gasteiger partial charge < -0.3 is 16.0 Å². The topological polar surface area (TPSA) is 90.5 Å². The SMILES string of the molecule is CC1(CNC(=O)CN2C(=O)NC3(CCCCC3)C2=O)CCNCC1. The lowest BCUT2D eigenvalue weighted by molar-refractivity contribution is -0.136. The fourth-order valence-corrected chi connectivity index (χ4v) is 4.03. The molecule has 1 saturated carbocycles. The quantitative estimate of drug-likeness (QED) is 0.661. The fraction of sp³-hybridized carbons (Fsp3) is 0.824. The molecule has 0 aromatic heterocycles. The van der Waals surface area contributed by atoms with Crippen molar-refractivity contribution in [3.8, 4) is 0 Å². The van der Waals surface area contributed by atoms with E-state index >= 15 is 0 Å². The van der Waals surface area contributed by atoms with Gasteiger partial charge in [-0.05, 0) is 44.2 Å². The summed E-state index contributed by atoms with van der Waals surface area (Å²) in [5, 5.41) is 9.06. The van der Waals surface area contributed by atoms with Gasteiger partial charge in [0.05, 0.1) is 0 Å². The molecule has 1 aliphatic carbocycles. The van der Waals surface area contributed by atoms with Gasteiger partial charge in [0, 0.05) is 6.54 Å². The summed E-state index contributed by atoms with van der Waals surface area (Å²) in [7, 11) is 0. The first kappa shape index (κ1) is 17.2.